The molecule has 26 heavy (non-hydrogen) atoms. The zero-order valence-electron chi connectivity index (χ0n) is 15.6. The molecule has 0 atom stereocenters. The highest BCUT2D eigenvalue weighted by atomic mass is 16.7. The first-order valence-electron chi connectivity index (χ1n) is 8.52. The third kappa shape index (κ3) is 9.66. The maximum atomic E-state index is 11.9. The predicted octanol–water partition coefficient (Wildman–Crippen LogP) is 3.39. The van der Waals surface area contributed by atoms with Crippen molar-refractivity contribution in [3.8, 4) is 0 Å². The van der Waals surface area contributed by atoms with E-state index in [0.717, 1.165) is 5.56 Å². The molecule has 0 aromatic heterocycles. The SMILES string of the molecule is CC(C)OC(=O)CC(CC(=O)OC(C)C)OC(=O)OCc1ccccc1. The molecule has 0 fully saturated rings. The van der Waals surface area contributed by atoms with Crippen LogP contribution >= 0.6 is 0 Å². The lowest BCUT2D eigenvalue weighted by Gasteiger charge is -2.18. The molecule has 7 nitrogen and oxygen atoms in total. The number of carbonyl (C=O) groups is 3. The number of hydrogen-bond donors (Lipinski definition) is 0. The first-order valence-corrected chi connectivity index (χ1v) is 8.52. The van der Waals surface area contributed by atoms with Crippen molar-refractivity contribution >= 4 is 18.1 Å². The molecule has 0 radical (unpaired) electrons. The summed E-state index contributed by atoms with van der Waals surface area (Å²) in [6.45, 7) is 6.84. The molecule has 0 unspecified atom stereocenters. The zero-order chi connectivity index (χ0) is 19.5. The van der Waals surface area contributed by atoms with Gasteiger partial charge in [0.1, 0.15) is 12.7 Å². The van der Waals surface area contributed by atoms with E-state index in [1.165, 1.54) is 0 Å². The minimum atomic E-state index is -1.02. The lowest BCUT2D eigenvalue weighted by Crippen LogP contribution is -2.28. The van der Waals surface area contributed by atoms with Gasteiger partial charge in [0, 0.05) is 0 Å². The van der Waals surface area contributed by atoms with E-state index in [1.54, 1.807) is 39.8 Å². The van der Waals surface area contributed by atoms with Gasteiger partial charge in [-0.3, -0.25) is 9.59 Å². The summed E-state index contributed by atoms with van der Waals surface area (Å²) in [4.78, 5) is 35.5. The van der Waals surface area contributed by atoms with Crippen LogP contribution in [0.15, 0.2) is 30.3 Å². The van der Waals surface area contributed by atoms with E-state index in [0.29, 0.717) is 0 Å². The molecule has 0 saturated carbocycles. The molecular formula is C19H26O7. The second-order valence-corrected chi connectivity index (χ2v) is 6.25. The minimum absolute atomic E-state index is 0.0271. The van der Waals surface area contributed by atoms with Gasteiger partial charge >= 0.3 is 18.1 Å². The van der Waals surface area contributed by atoms with Crippen molar-refractivity contribution in [3.63, 3.8) is 0 Å². The Hall–Kier alpha value is -2.57. The van der Waals surface area contributed by atoms with Gasteiger partial charge in [0.05, 0.1) is 25.0 Å². The van der Waals surface area contributed by atoms with Gasteiger partial charge in [0.25, 0.3) is 0 Å². The third-order valence-corrected chi connectivity index (χ3v) is 2.99. The number of ether oxygens (including phenoxy) is 4. The summed E-state index contributed by atoms with van der Waals surface area (Å²) >= 11 is 0. The molecule has 0 aliphatic rings. The first kappa shape index (κ1) is 21.5. The van der Waals surface area contributed by atoms with Crippen molar-refractivity contribution in [1.82, 2.24) is 0 Å². The zero-order valence-corrected chi connectivity index (χ0v) is 15.6. The van der Waals surface area contributed by atoms with Crippen LogP contribution in [-0.4, -0.2) is 36.4 Å². The van der Waals surface area contributed by atoms with Crippen LogP contribution in [-0.2, 0) is 35.1 Å². The molecule has 1 aromatic carbocycles. The van der Waals surface area contributed by atoms with Crippen molar-refractivity contribution in [1.29, 1.82) is 0 Å². The summed E-state index contributed by atoms with van der Waals surface area (Å²) in [5, 5.41) is 0. The first-order chi connectivity index (χ1) is 12.3. The summed E-state index contributed by atoms with van der Waals surface area (Å²) < 4.78 is 20.2. The van der Waals surface area contributed by atoms with E-state index in [9.17, 15) is 14.4 Å². The van der Waals surface area contributed by atoms with Crippen LogP contribution in [0.5, 0.6) is 0 Å². The van der Waals surface area contributed by atoms with Crippen LogP contribution in [0.1, 0.15) is 46.1 Å². The molecule has 0 aliphatic heterocycles. The van der Waals surface area contributed by atoms with Gasteiger partial charge in [-0.25, -0.2) is 4.79 Å². The van der Waals surface area contributed by atoms with Crippen LogP contribution in [0.2, 0.25) is 0 Å². The van der Waals surface area contributed by atoms with E-state index in [4.69, 9.17) is 18.9 Å². The fourth-order valence-corrected chi connectivity index (χ4v) is 2.04. The highest BCUT2D eigenvalue weighted by Gasteiger charge is 2.25. The van der Waals surface area contributed by atoms with Crippen LogP contribution in [0, 0.1) is 0 Å². The maximum Gasteiger partial charge on any atom is 0.508 e. The third-order valence-electron chi connectivity index (χ3n) is 2.99. The second-order valence-electron chi connectivity index (χ2n) is 6.25. The minimum Gasteiger partial charge on any atom is -0.463 e. The molecule has 1 rings (SSSR count). The summed E-state index contributed by atoms with van der Waals surface area (Å²) in [7, 11) is 0. The van der Waals surface area contributed by atoms with Gasteiger partial charge in [-0.15, -0.1) is 0 Å². The Bertz CT molecular complexity index is 557. The van der Waals surface area contributed by atoms with Gasteiger partial charge in [-0.05, 0) is 33.3 Å². The normalized spacial score (nSPS) is 10.7. The van der Waals surface area contributed by atoms with E-state index < -0.39 is 24.2 Å². The van der Waals surface area contributed by atoms with Crippen LogP contribution < -0.4 is 0 Å². The van der Waals surface area contributed by atoms with E-state index >= 15 is 0 Å². The van der Waals surface area contributed by atoms with Gasteiger partial charge in [0.15, 0.2) is 0 Å². The Morgan fingerprint density at radius 1 is 0.808 bits per heavy atom. The average Bonchev–Trinajstić information content (AvgIpc) is 2.52. The number of hydrogen-bond acceptors (Lipinski definition) is 7. The van der Waals surface area contributed by atoms with E-state index in [2.05, 4.69) is 0 Å². The van der Waals surface area contributed by atoms with Crippen molar-refractivity contribution in [2.75, 3.05) is 0 Å². The van der Waals surface area contributed by atoms with Gasteiger partial charge < -0.3 is 18.9 Å². The van der Waals surface area contributed by atoms with Gasteiger partial charge in [-0.2, -0.15) is 0 Å². The second kappa shape index (κ2) is 11.1. The summed E-state index contributed by atoms with van der Waals surface area (Å²) in [6, 6.07) is 9.07. The Morgan fingerprint density at radius 2 is 1.31 bits per heavy atom. The molecule has 0 heterocycles. The lowest BCUT2D eigenvalue weighted by atomic mass is 10.2. The van der Waals surface area contributed by atoms with Crippen molar-refractivity contribution in [2.45, 2.75) is 65.5 Å². The standard InChI is InChI=1S/C19H26O7/c1-13(2)24-17(20)10-16(11-18(21)25-14(3)4)26-19(22)23-12-15-8-6-5-7-9-15/h5-9,13-14,16H,10-12H2,1-4H3. The molecule has 0 amide bonds. The lowest BCUT2D eigenvalue weighted by molar-refractivity contribution is -0.153. The van der Waals surface area contributed by atoms with Crippen molar-refractivity contribution in [2.24, 2.45) is 0 Å². The molecule has 0 aliphatic carbocycles. The van der Waals surface area contributed by atoms with E-state index in [-0.39, 0.29) is 31.7 Å². The van der Waals surface area contributed by atoms with Gasteiger partial charge in [-0.1, -0.05) is 30.3 Å². The molecule has 144 valence electrons. The Kier molecular flexibility index (Phi) is 9.19. The molecular weight excluding hydrogens is 340 g/mol. The molecule has 1 aromatic rings. The highest BCUT2D eigenvalue weighted by molar-refractivity contribution is 5.74. The number of benzene rings is 1. The Morgan fingerprint density at radius 3 is 1.77 bits per heavy atom. The smallest absolute Gasteiger partial charge is 0.463 e. The number of rotatable bonds is 9. The molecule has 0 N–H and O–H groups in total. The quantitative estimate of drug-likeness (QED) is 0.489. The van der Waals surface area contributed by atoms with Crippen LogP contribution in [0.4, 0.5) is 4.79 Å². The fraction of sp³-hybridized carbons (Fsp3) is 0.526. The van der Waals surface area contributed by atoms with Crippen molar-refractivity contribution < 1.29 is 33.3 Å². The summed E-state index contributed by atoms with van der Waals surface area (Å²) in [5.74, 6) is -1.14. The average molecular weight is 366 g/mol. The monoisotopic (exact) mass is 366 g/mol. The summed E-state index contributed by atoms with van der Waals surface area (Å²) in [6.07, 6.45) is -3.12. The predicted molar refractivity (Wildman–Crippen MR) is 93.2 cm³/mol. The molecule has 7 heteroatoms. The maximum absolute atomic E-state index is 11.9. The Labute approximate surface area is 153 Å². The fourth-order valence-electron chi connectivity index (χ4n) is 2.04. The van der Waals surface area contributed by atoms with Crippen molar-refractivity contribution in [3.05, 3.63) is 35.9 Å². The topological polar surface area (TPSA) is 88.1 Å². The van der Waals surface area contributed by atoms with E-state index in [1.807, 2.05) is 18.2 Å². The number of esters is 2. The molecule has 0 spiro atoms. The highest BCUT2D eigenvalue weighted by Crippen LogP contribution is 2.11. The molecule has 0 bridgehead atoms. The summed E-state index contributed by atoms with van der Waals surface area (Å²) in [5.41, 5.74) is 0.791. The van der Waals surface area contributed by atoms with Crippen LogP contribution in [0.3, 0.4) is 0 Å². The largest absolute Gasteiger partial charge is 0.508 e. The van der Waals surface area contributed by atoms with Crippen LogP contribution in [0.25, 0.3) is 0 Å². The van der Waals surface area contributed by atoms with Gasteiger partial charge in [0.2, 0.25) is 0 Å². The Balaban J connectivity index is 2.59. The number of carbonyl (C=O) groups excluding carboxylic acids is 3. The molecule has 0 saturated heterocycles.